The van der Waals surface area contributed by atoms with E-state index in [2.05, 4.69) is 17.1 Å². The largest absolute Gasteiger partial charge is 0.488 e. The predicted molar refractivity (Wildman–Crippen MR) is 134 cm³/mol. The van der Waals surface area contributed by atoms with Crippen molar-refractivity contribution in [1.82, 2.24) is 5.16 Å². The molecule has 0 radical (unpaired) electrons. The summed E-state index contributed by atoms with van der Waals surface area (Å²) >= 11 is 6.53. The predicted octanol–water partition coefficient (Wildman–Crippen LogP) is 5.98. The number of carboxylic acid groups (broad SMARTS) is 1. The summed E-state index contributed by atoms with van der Waals surface area (Å²) < 4.78 is 17.3. The first-order valence-corrected chi connectivity index (χ1v) is 11.2. The van der Waals surface area contributed by atoms with Crippen LogP contribution in [0.2, 0.25) is 5.02 Å². The van der Waals surface area contributed by atoms with Gasteiger partial charge in [0, 0.05) is 6.07 Å². The number of aromatic nitrogens is 1. The van der Waals surface area contributed by atoms with E-state index in [1.54, 1.807) is 6.07 Å². The summed E-state index contributed by atoms with van der Waals surface area (Å²) in [4.78, 5) is 23.7. The summed E-state index contributed by atoms with van der Waals surface area (Å²) in [5, 5.41) is 15.8. The van der Waals surface area contributed by atoms with Gasteiger partial charge >= 0.3 is 5.97 Å². The van der Waals surface area contributed by atoms with Gasteiger partial charge in [-0.3, -0.25) is 4.79 Å². The molecule has 182 valence electrons. The molecule has 0 aliphatic heterocycles. The van der Waals surface area contributed by atoms with Gasteiger partial charge in [-0.1, -0.05) is 84.0 Å². The number of ether oxygens (including phenoxy) is 2. The van der Waals surface area contributed by atoms with Gasteiger partial charge in [-0.05, 0) is 23.3 Å². The van der Waals surface area contributed by atoms with Crippen LogP contribution in [0.15, 0.2) is 90.0 Å². The van der Waals surface area contributed by atoms with Gasteiger partial charge in [0.15, 0.2) is 5.76 Å². The van der Waals surface area contributed by atoms with Crippen LogP contribution in [0, 0.1) is 0 Å². The highest BCUT2D eigenvalue weighted by molar-refractivity contribution is 6.32. The fourth-order valence-corrected chi connectivity index (χ4v) is 3.54. The SMILES string of the molecule is C=CC(=O)Nc1c(C(=O)O)noc1-c1cc(Cl)c(OCc2ccccc2)cc1OCc1ccccc1. The average molecular weight is 505 g/mol. The molecular formula is C27H21ClN2O6. The highest BCUT2D eigenvalue weighted by Gasteiger charge is 2.27. The number of hydrogen-bond donors (Lipinski definition) is 2. The van der Waals surface area contributed by atoms with Crippen LogP contribution in [0.4, 0.5) is 5.69 Å². The number of nitrogens with one attached hydrogen (secondary N) is 1. The van der Waals surface area contributed by atoms with Crippen molar-refractivity contribution in [2.24, 2.45) is 0 Å². The third-order valence-electron chi connectivity index (χ3n) is 5.08. The summed E-state index contributed by atoms with van der Waals surface area (Å²) in [6.07, 6.45) is 1.00. The molecule has 0 fully saturated rings. The molecule has 1 aromatic heterocycles. The van der Waals surface area contributed by atoms with Crippen LogP contribution in [0.5, 0.6) is 11.5 Å². The third-order valence-corrected chi connectivity index (χ3v) is 5.38. The van der Waals surface area contributed by atoms with E-state index < -0.39 is 17.6 Å². The fraction of sp³-hybridized carbons (Fsp3) is 0.0741. The molecule has 2 N–H and O–H groups in total. The number of benzene rings is 3. The lowest BCUT2D eigenvalue weighted by molar-refractivity contribution is -0.111. The monoisotopic (exact) mass is 504 g/mol. The van der Waals surface area contributed by atoms with Gasteiger partial charge in [0.05, 0.1) is 10.6 Å². The number of nitrogens with zero attached hydrogens (tertiary/aromatic N) is 1. The molecule has 36 heavy (non-hydrogen) atoms. The molecule has 1 heterocycles. The zero-order valence-electron chi connectivity index (χ0n) is 18.9. The molecule has 3 aromatic carbocycles. The molecule has 9 heteroatoms. The van der Waals surface area contributed by atoms with Crippen molar-refractivity contribution in [3.8, 4) is 22.8 Å². The number of aromatic carboxylic acids is 1. The highest BCUT2D eigenvalue weighted by atomic mass is 35.5. The van der Waals surface area contributed by atoms with E-state index in [9.17, 15) is 14.7 Å². The summed E-state index contributed by atoms with van der Waals surface area (Å²) in [6, 6.07) is 22.1. The number of carbonyl (C=O) groups is 2. The van der Waals surface area contributed by atoms with Gasteiger partial charge in [-0.25, -0.2) is 4.79 Å². The van der Waals surface area contributed by atoms with E-state index in [0.717, 1.165) is 17.2 Å². The molecule has 0 unspecified atom stereocenters. The topological polar surface area (TPSA) is 111 Å². The Morgan fingerprint density at radius 3 is 2.11 bits per heavy atom. The molecule has 0 spiro atoms. The fourth-order valence-electron chi connectivity index (χ4n) is 3.32. The minimum atomic E-state index is -1.38. The second kappa shape index (κ2) is 11.2. The number of halogens is 1. The van der Waals surface area contributed by atoms with Crippen LogP contribution in [0.1, 0.15) is 21.6 Å². The van der Waals surface area contributed by atoms with Gasteiger partial charge in [-0.2, -0.15) is 0 Å². The normalized spacial score (nSPS) is 10.5. The van der Waals surface area contributed by atoms with E-state index in [4.69, 9.17) is 25.6 Å². The Kier molecular flexibility index (Phi) is 7.67. The molecule has 4 aromatic rings. The Bertz CT molecular complexity index is 1390. The first kappa shape index (κ1) is 24.6. The lowest BCUT2D eigenvalue weighted by Crippen LogP contribution is -2.11. The van der Waals surface area contributed by atoms with E-state index in [0.29, 0.717) is 5.75 Å². The van der Waals surface area contributed by atoms with E-state index in [1.807, 2.05) is 60.7 Å². The molecule has 8 nitrogen and oxygen atoms in total. The molecule has 0 saturated heterocycles. The Hall–Kier alpha value is -4.56. The van der Waals surface area contributed by atoms with Crippen molar-refractivity contribution in [3.63, 3.8) is 0 Å². The summed E-state index contributed by atoms with van der Waals surface area (Å²) in [6.45, 7) is 3.86. The molecule has 0 saturated carbocycles. The maximum Gasteiger partial charge on any atom is 0.360 e. The maximum absolute atomic E-state index is 12.0. The standard InChI is InChI=1S/C27H21ClN2O6/c1-2-23(31)29-24-25(27(32)33)30-36-26(24)19-13-20(28)22(35-16-18-11-7-4-8-12-18)14-21(19)34-15-17-9-5-3-6-10-17/h2-14H,1,15-16H2,(H,29,31)(H,32,33). The zero-order chi connectivity index (χ0) is 25.5. The molecule has 0 aliphatic carbocycles. The van der Waals surface area contributed by atoms with E-state index in [1.165, 1.54) is 6.07 Å². The van der Waals surface area contributed by atoms with Crippen LogP contribution >= 0.6 is 11.6 Å². The van der Waals surface area contributed by atoms with Crippen LogP contribution in [-0.2, 0) is 18.0 Å². The van der Waals surface area contributed by atoms with Gasteiger partial charge in [-0.15, -0.1) is 0 Å². The Morgan fingerprint density at radius 1 is 0.972 bits per heavy atom. The molecule has 0 atom stereocenters. The number of anilines is 1. The van der Waals surface area contributed by atoms with Gasteiger partial charge in [0.2, 0.25) is 11.6 Å². The Labute approximate surface area is 211 Å². The quantitative estimate of drug-likeness (QED) is 0.256. The zero-order valence-corrected chi connectivity index (χ0v) is 19.7. The molecule has 1 amide bonds. The van der Waals surface area contributed by atoms with Crippen molar-refractivity contribution in [2.45, 2.75) is 13.2 Å². The molecular weight excluding hydrogens is 484 g/mol. The summed E-state index contributed by atoms with van der Waals surface area (Å²) in [7, 11) is 0. The minimum Gasteiger partial charge on any atom is -0.488 e. The van der Waals surface area contributed by atoms with Crippen molar-refractivity contribution >= 4 is 29.2 Å². The first-order chi connectivity index (χ1) is 17.5. The van der Waals surface area contributed by atoms with Crippen molar-refractivity contribution in [2.75, 3.05) is 5.32 Å². The van der Waals surface area contributed by atoms with Crippen molar-refractivity contribution < 1.29 is 28.7 Å². The second-order valence-corrected chi connectivity index (χ2v) is 7.97. The number of rotatable bonds is 10. The average Bonchev–Trinajstić information content (AvgIpc) is 3.31. The number of carbonyl (C=O) groups excluding carboxylic acids is 1. The first-order valence-electron chi connectivity index (χ1n) is 10.8. The van der Waals surface area contributed by atoms with Gasteiger partial charge in [0.25, 0.3) is 0 Å². The maximum atomic E-state index is 12.0. The third kappa shape index (κ3) is 5.73. The van der Waals surface area contributed by atoms with Crippen LogP contribution < -0.4 is 14.8 Å². The number of hydrogen-bond acceptors (Lipinski definition) is 6. The van der Waals surface area contributed by atoms with Crippen LogP contribution in [0.25, 0.3) is 11.3 Å². The van der Waals surface area contributed by atoms with Crippen molar-refractivity contribution in [1.29, 1.82) is 0 Å². The van der Waals surface area contributed by atoms with Gasteiger partial charge in [0.1, 0.15) is 30.4 Å². The second-order valence-electron chi connectivity index (χ2n) is 7.56. The molecule has 0 aliphatic rings. The van der Waals surface area contributed by atoms with E-state index >= 15 is 0 Å². The Morgan fingerprint density at radius 2 is 1.56 bits per heavy atom. The molecule has 4 rings (SSSR count). The summed E-state index contributed by atoms with van der Waals surface area (Å²) in [5.41, 5.74) is 1.50. The summed E-state index contributed by atoms with van der Waals surface area (Å²) in [5.74, 6) is -1.43. The van der Waals surface area contributed by atoms with E-state index in [-0.39, 0.29) is 41.0 Å². The number of amides is 1. The van der Waals surface area contributed by atoms with Crippen LogP contribution in [0.3, 0.4) is 0 Å². The minimum absolute atomic E-state index is 0.0397. The lowest BCUT2D eigenvalue weighted by atomic mass is 10.1. The number of carboxylic acids is 1. The molecule has 0 bridgehead atoms. The highest BCUT2D eigenvalue weighted by Crippen LogP contribution is 2.43. The van der Waals surface area contributed by atoms with Gasteiger partial charge < -0.3 is 24.4 Å². The van der Waals surface area contributed by atoms with Crippen LogP contribution in [-0.4, -0.2) is 22.1 Å². The lowest BCUT2D eigenvalue weighted by Gasteiger charge is -2.15. The van der Waals surface area contributed by atoms with Crippen molar-refractivity contribution in [3.05, 3.63) is 107 Å². The Balaban J connectivity index is 1.75. The smallest absolute Gasteiger partial charge is 0.360 e.